The lowest BCUT2D eigenvalue weighted by Crippen LogP contribution is -2.34. The first-order chi connectivity index (χ1) is 10.6. The Balaban J connectivity index is 1.80. The van der Waals surface area contributed by atoms with Gasteiger partial charge in [0.1, 0.15) is 17.5 Å². The van der Waals surface area contributed by atoms with E-state index in [1.54, 1.807) is 0 Å². The zero-order valence-corrected chi connectivity index (χ0v) is 13.9. The molecule has 7 nitrogen and oxygen atoms in total. The summed E-state index contributed by atoms with van der Waals surface area (Å²) in [6, 6.07) is 0.276. The maximum atomic E-state index is 4.53. The Bertz CT molecular complexity index is 628. The molecule has 2 aromatic heterocycles. The van der Waals surface area contributed by atoms with Crippen LogP contribution >= 0.6 is 0 Å². The van der Waals surface area contributed by atoms with Gasteiger partial charge in [-0.15, -0.1) is 10.2 Å². The third-order valence-corrected chi connectivity index (χ3v) is 4.39. The van der Waals surface area contributed by atoms with Crippen LogP contribution in [0.4, 0.5) is 0 Å². The molecule has 3 heterocycles. The summed E-state index contributed by atoms with van der Waals surface area (Å²) in [4.78, 5) is 6.96. The van der Waals surface area contributed by atoms with Gasteiger partial charge in [-0.25, -0.2) is 4.98 Å². The number of aryl methyl sites for hydroxylation is 1. The van der Waals surface area contributed by atoms with Gasteiger partial charge in [0.15, 0.2) is 5.82 Å². The molecule has 0 aromatic carbocycles. The van der Waals surface area contributed by atoms with Crippen LogP contribution in [0, 0.1) is 6.92 Å². The second-order valence-electron chi connectivity index (χ2n) is 6.45. The fourth-order valence-corrected chi connectivity index (χ4v) is 3.18. The van der Waals surface area contributed by atoms with Gasteiger partial charge in [-0.05, 0) is 26.3 Å². The van der Waals surface area contributed by atoms with Crippen molar-refractivity contribution in [3.8, 4) is 0 Å². The summed E-state index contributed by atoms with van der Waals surface area (Å²) in [5.74, 6) is 4.23. The number of likely N-dealkylation sites (tertiary alicyclic amines) is 1. The summed E-state index contributed by atoms with van der Waals surface area (Å²) >= 11 is 0. The van der Waals surface area contributed by atoms with Crippen molar-refractivity contribution in [2.24, 2.45) is 7.05 Å². The molecule has 1 atom stereocenters. The quantitative estimate of drug-likeness (QED) is 0.936. The van der Waals surface area contributed by atoms with Crippen molar-refractivity contribution in [1.29, 1.82) is 0 Å². The number of hydrogen-bond donors (Lipinski definition) is 1. The van der Waals surface area contributed by atoms with E-state index in [4.69, 9.17) is 0 Å². The minimum atomic E-state index is 0.276. The molecular formula is C15H25N7. The van der Waals surface area contributed by atoms with Gasteiger partial charge in [0.25, 0.3) is 0 Å². The molecule has 0 radical (unpaired) electrons. The van der Waals surface area contributed by atoms with Crippen LogP contribution in [0.5, 0.6) is 0 Å². The fourth-order valence-electron chi connectivity index (χ4n) is 3.18. The number of rotatable bonds is 4. The monoisotopic (exact) mass is 303 g/mol. The molecule has 3 rings (SSSR count). The Hall–Kier alpha value is -1.76. The molecule has 0 aliphatic carbocycles. The topological polar surface area (TPSA) is 75.5 Å². The van der Waals surface area contributed by atoms with E-state index in [2.05, 4.69) is 55.7 Å². The van der Waals surface area contributed by atoms with Crippen molar-refractivity contribution >= 4 is 0 Å². The maximum absolute atomic E-state index is 4.53. The molecule has 1 aliphatic rings. The molecule has 0 amide bonds. The van der Waals surface area contributed by atoms with E-state index in [0.29, 0.717) is 5.92 Å². The molecule has 0 bridgehead atoms. The number of aromatic nitrogens is 6. The lowest BCUT2D eigenvalue weighted by Gasteiger charge is -2.33. The van der Waals surface area contributed by atoms with E-state index in [1.807, 2.05) is 6.92 Å². The first-order valence-electron chi connectivity index (χ1n) is 8.07. The highest BCUT2D eigenvalue weighted by molar-refractivity contribution is 5.02. The van der Waals surface area contributed by atoms with Crippen LogP contribution in [-0.4, -0.2) is 41.4 Å². The lowest BCUT2D eigenvalue weighted by molar-refractivity contribution is 0.129. The average molecular weight is 303 g/mol. The van der Waals surface area contributed by atoms with Crippen LogP contribution in [0.3, 0.4) is 0 Å². The Morgan fingerprint density at radius 3 is 2.73 bits per heavy atom. The van der Waals surface area contributed by atoms with Crippen LogP contribution in [-0.2, 0) is 13.6 Å². The van der Waals surface area contributed by atoms with Crippen LogP contribution in [0.25, 0.3) is 0 Å². The van der Waals surface area contributed by atoms with Crippen molar-refractivity contribution in [3.05, 3.63) is 23.3 Å². The van der Waals surface area contributed by atoms with E-state index in [9.17, 15) is 0 Å². The van der Waals surface area contributed by atoms with Crippen LogP contribution in [0.15, 0.2) is 0 Å². The molecule has 0 saturated carbocycles. The van der Waals surface area contributed by atoms with Crippen LogP contribution < -0.4 is 0 Å². The maximum Gasteiger partial charge on any atom is 0.167 e. The molecule has 120 valence electrons. The Kier molecular flexibility index (Phi) is 4.24. The smallest absolute Gasteiger partial charge is 0.167 e. The predicted molar refractivity (Wildman–Crippen MR) is 83.2 cm³/mol. The van der Waals surface area contributed by atoms with Crippen molar-refractivity contribution in [3.63, 3.8) is 0 Å². The van der Waals surface area contributed by atoms with Crippen molar-refractivity contribution < 1.29 is 0 Å². The van der Waals surface area contributed by atoms with Gasteiger partial charge in [-0.3, -0.25) is 10.00 Å². The molecular weight excluding hydrogens is 278 g/mol. The summed E-state index contributed by atoms with van der Waals surface area (Å²) in [5, 5.41) is 16.0. The van der Waals surface area contributed by atoms with E-state index in [1.165, 1.54) is 12.8 Å². The third kappa shape index (κ3) is 2.90. The average Bonchev–Trinajstić information content (AvgIpc) is 3.07. The molecule has 0 spiro atoms. The summed E-state index contributed by atoms with van der Waals surface area (Å²) < 4.78 is 2.12. The number of nitrogens with zero attached hydrogens (tertiary/aromatic N) is 6. The summed E-state index contributed by atoms with van der Waals surface area (Å²) in [5.41, 5.74) is 0. The van der Waals surface area contributed by atoms with Gasteiger partial charge < -0.3 is 4.57 Å². The van der Waals surface area contributed by atoms with Crippen LogP contribution in [0.2, 0.25) is 0 Å². The van der Waals surface area contributed by atoms with Crippen molar-refractivity contribution in [1.82, 2.24) is 34.8 Å². The second-order valence-corrected chi connectivity index (χ2v) is 6.45. The van der Waals surface area contributed by atoms with Gasteiger partial charge >= 0.3 is 0 Å². The summed E-state index contributed by atoms with van der Waals surface area (Å²) in [6.07, 6.45) is 3.55. The first kappa shape index (κ1) is 15.1. The number of piperidine rings is 1. The second kappa shape index (κ2) is 6.16. The number of hydrogen-bond acceptors (Lipinski definition) is 5. The molecule has 1 fully saturated rings. The van der Waals surface area contributed by atoms with E-state index in [-0.39, 0.29) is 6.04 Å². The number of H-pyrrole nitrogens is 1. The van der Waals surface area contributed by atoms with E-state index >= 15 is 0 Å². The minimum absolute atomic E-state index is 0.276. The molecule has 7 heteroatoms. The van der Waals surface area contributed by atoms with Crippen molar-refractivity contribution in [2.45, 2.75) is 58.5 Å². The zero-order valence-electron chi connectivity index (χ0n) is 13.9. The highest BCUT2D eigenvalue weighted by atomic mass is 15.3. The SMILES string of the molecule is Cc1nc(C2CCCCN2Cc2nnc(C(C)C)n2C)n[nH]1. The van der Waals surface area contributed by atoms with Gasteiger partial charge in [0.2, 0.25) is 0 Å². The zero-order chi connectivity index (χ0) is 15.7. The first-order valence-corrected chi connectivity index (χ1v) is 8.07. The van der Waals surface area contributed by atoms with Gasteiger partial charge in [-0.1, -0.05) is 20.3 Å². The third-order valence-electron chi connectivity index (χ3n) is 4.39. The molecule has 1 N–H and O–H groups in total. The predicted octanol–water partition coefficient (Wildman–Crippen LogP) is 2.09. The molecule has 1 saturated heterocycles. The fraction of sp³-hybridized carbons (Fsp3) is 0.733. The number of aromatic amines is 1. The number of nitrogens with one attached hydrogen (secondary N) is 1. The van der Waals surface area contributed by atoms with Crippen molar-refractivity contribution in [2.75, 3.05) is 6.54 Å². The highest BCUT2D eigenvalue weighted by Crippen LogP contribution is 2.30. The van der Waals surface area contributed by atoms with E-state index < -0.39 is 0 Å². The minimum Gasteiger partial charge on any atom is -0.317 e. The highest BCUT2D eigenvalue weighted by Gasteiger charge is 2.28. The van der Waals surface area contributed by atoms with Gasteiger partial charge in [0, 0.05) is 13.0 Å². The standard InChI is InChI=1S/C15H25N7/c1-10(2)15-20-18-13(21(15)4)9-22-8-6-5-7-12(22)14-16-11(3)17-19-14/h10,12H,5-9H2,1-4H3,(H,16,17,19). The van der Waals surface area contributed by atoms with E-state index in [0.717, 1.165) is 42.8 Å². The molecule has 22 heavy (non-hydrogen) atoms. The Labute approximate surface area is 131 Å². The van der Waals surface area contributed by atoms with Gasteiger partial charge in [-0.2, -0.15) is 5.10 Å². The molecule has 1 aliphatic heterocycles. The Morgan fingerprint density at radius 2 is 2.09 bits per heavy atom. The normalized spacial score (nSPS) is 20.0. The summed E-state index contributed by atoms with van der Waals surface area (Å²) in [7, 11) is 2.06. The Morgan fingerprint density at radius 1 is 1.27 bits per heavy atom. The molecule has 1 unspecified atom stereocenters. The lowest BCUT2D eigenvalue weighted by atomic mass is 10.0. The van der Waals surface area contributed by atoms with Gasteiger partial charge in [0.05, 0.1) is 12.6 Å². The molecule has 2 aromatic rings. The van der Waals surface area contributed by atoms with Crippen LogP contribution in [0.1, 0.15) is 68.4 Å². The summed E-state index contributed by atoms with van der Waals surface area (Å²) in [6.45, 7) is 8.10. The largest absolute Gasteiger partial charge is 0.317 e.